The summed E-state index contributed by atoms with van der Waals surface area (Å²) in [6.07, 6.45) is 11.0. The number of rotatable bonds is 9. The molecule has 0 aromatic carbocycles. The maximum absolute atomic E-state index is 11.1. The molecular weight excluding hydrogens is 238 g/mol. The molecule has 3 heteroatoms. The Morgan fingerprint density at radius 1 is 1.32 bits per heavy atom. The van der Waals surface area contributed by atoms with E-state index in [0.29, 0.717) is 5.92 Å². The van der Waals surface area contributed by atoms with E-state index in [9.17, 15) is 9.90 Å². The Morgan fingerprint density at radius 3 is 2.58 bits per heavy atom. The van der Waals surface area contributed by atoms with Crippen LogP contribution < -0.4 is 5.32 Å². The van der Waals surface area contributed by atoms with Gasteiger partial charge in [0.1, 0.15) is 6.04 Å². The molecule has 0 bridgehead atoms. The minimum Gasteiger partial charge on any atom is -0.480 e. The summed E-state index contributed by atoms with van der Waals surface area (Å²) in [6, 6.07) is -0.353. The molecule has 1 aliphatic rings. The highest BCUT2D eigenvalue weighted by molar-refractivity contribution is 5.73. The number of hydrogen-bond donors (Lipinski definition) is 2. The van der Waals surface area contributed by atoms with Crippen LogP contribution in [0.3, 0.4) is 0 Å². The van der Waals surface area contributed by atoms with Crippen LogP contribution in [0.15, 0.2) is 0 Å². The Morgan fingerprint density at radius 2 is 2.00 bits per heavy atom. The van der Waals surface area contributed by atoms with Crippen LogP contribution in [0.1, 0.15) is 71.6 Å². The van der Waals surface area contributed by atoms with Crippen molar-refractivity contribution in [3.63, 3.8) is 0 Å². The topological polar surface area (TPSA) is 49.3 Å². The third-order valence-electron chi connectivity index (χ3n) is 4.32. The van der Waals surface area contributed by atoms with Gasteiger partial charge in [-0.2, -0.15) is 0 Å². The van der Waals surface area contributed by atoms with Crippen LogP contribution >= 0.6 is 0 Å². The quantitative estimate of drug-likeness (QED) is 0.669. The first-order valence-electron chi connectivity index (χ1n) is 8.09. The number of unbranched alkanes of at least 4 members (excludes halogenated alkanes) is 1. The molecule has 0 aromatic heterocycles. The van der Waals surface area contributed by atoms with E-state index >= 15 is 0 Å². The molecule has 0 spiro atoms. The first-order valence-corrected chi connectivity index (χ1v) is 8.09. The summed E-state index contributed by atoms with van der Waals surface area (Å²) in [7, 11) is 0. The number of carboxylic acid groups (broad SMARTS) is 1. The Bertz CT molecular complexity index is 249. The number of aliphatic carboxylic acids is 1. The summed E-state index contributed by atoms with van der Waals surface area (Å²) in [5.74, 6) is 0.773. The van der Waals surface area contributed by atoms with E-state index in [-0.39, 0.29) is 6.04 Å². The average molecular weight is 269 g/mol. The average Bonchev–Trinajstić information content (AvgIpc) is 2.39. The highest BCUT2D eigenvalue weighted by Gasteiger charge is 2.19. The van der Waals surface area contributed by atoms with Gasteiger partial charge in [-0.25, -0.2) is 0 Å². The zero-order chi connectivity index (χ0) is 14.1. The molecule has 1 fully saturated rings. The molecule has 1 unspecified atom stereocenters. The summed E-state index contributed by atoms with van der Waals surface area (Å²) in [5.41, 5.74) is 0. The van der Waals surface area contributed by atoms with E-state index in [2.05, 4.69) is 19.2 Å². The summed E-state index contributed by atoms with van der Waals surface area (Å²) in [4.78, 5) is 11.1. The Hall–Kier alpha value is -0.570. The summed E-state index contributed by atoms with van der Waals surface area (Å²) in [6.45, 7) is 5.20. The van der Waals surface area contributed by atoms with Crippen LogP contribution in [-0.4, -0.2) is 23.7 Å². The second-order valence-corrected chi connectivity index (χ2v) is 6.29. The number of carboxylic acids is 1. The second-order valence-electron chi connectivity index (χ2n) is 6.29. The van der Waals surface area contributed by atoms with Crippen molar-refractivity contribution < 1.29 is 9.90 Å². The SMILES string of the molecule is CCCC[C@H](NCC(C)CC1CCCCC1)C(=O)O. The van der Waals surface area contributed by atoms with Gasteiger partial charge in [0.25, 0.3) is 0 Å². The zero-order valence-electron chi connectivity index (χ0n) is 12.7. The monoisotopic (exact) mass is 269 g/mol. The van der Waals surface area contributed by atoms with E-state index < -0.39 is 5.97 Å². The molecule has 0 radical (unpaired) electrons. The molecule has 3 nitrogen and oxygen atoms in total. The summed E-state index contributed by atoms with van der Waals surface area (Å²) in [5, 5.41) is 12.4. The largest absolute Gasteiger partial charge is 0.480 e. The highest BCUT2D eigenvalue weighted by Crippen LogP contribution is 2.28. The fourth-order valence-electron chi connectivity index (χ4n) is 3.14. The predicted octanol–water partition coefficient (Wildman–Crippen LogP) is 3.83. The molecule has 112 valence electrons. The van der Waals surface area contributed by atoms with Crippen molar-refractivity contribution in [2.75, 3.05) is 6.54 Å². The maximum atomic E-state index is 11.1. The smallest absolute Gasteiger partial charge is 0.320 e. The van der Waals surface area contributed by atoms with Gasteiger partial charge < -0.3 is 10.4 Å². The molecule has 1 saturated carbocycles. The van der Waals surface area contributed by atoms with Crippen molar-refractivity contribution in [3.05, 3.63) is 0 Å². The van der Waals surface area contributed by atoms with Gasteiger partial charge in [0.05, 0.1) is 0 Å². The molecule has 19 heavy (non-hydrogen) atoms. The van der Waals surface area contributed by atoms with Crippen LogP contribution in [-0.2, 0) is 4.79 Å². The van der Waals surface area contributed by atoms with Gasteiger partial charge in [0, 0.05) is 0 Å². The summed E-state index contributed by atoms with van der Waals surface area (Å²) >= 11 is 0. The van der Waals surface area contributed by atoms with Crippen molar-refractivity contribution in [2.45, 2.75) is 77.7 Å². The lowest BCUT2D eigenvalue weighted by molar-refractivity contribution is -0.139. The molecule has 2 atom stereocenters. The minimum atomic E-state index is -0.696. The van der Waals surface area contributed by atoms with E-state index in [4.69, 9.17) is 0 Å². The van der Waals surface area contributed by atoms with E-state index in [1.807, 2.05) is 0 Å². The van der Waals surface area contributed by atoms with E-state index in [1.54, 1.807) is 0 Å². The predicted molar refractivity (Wildman–Crippen MR) is 79.3 cm³/mol. The molecule has 0 heterocycles. The molecule has 0 aromatic rings. The van der Waals surface area contributed by atoms with Crippen molar-refractivity contribution in [3.8, 4) is 0 Å². The van der Waals surface area contributed by atoms with Crippen LogP contribution in [0, 0.1) is 11.8 Å². The molecule has 0 aliphatic heterocycles. The molecule has 1 rings (SSSR count). The normalized spacial score (nSPS) is 20.1. The molecule has 0 amide bonds. The van der Waals surface area contributed by atoms with Gasteiger partial charge in [-0.3, -0.25) is 4.79 Å². The van der Waals surface area contributed by atoms with Crippen LogP contribution in [0.5, 0.6) is 0 Å². The summed E-state index contributed by atoms with van der Waals surface area (Å²) < 4.78 is 0. The van der Waals surface area contributed by atoms with Gasteiger partial charge in [-0.1, -0.05) is 58.8 Å². The van der Waals surface area contributed by atoms with Gasteiger partial charge >= 0.3 is 5.97 Å². The van der Waals surface area contributed by atoms with Gasteiger partial charge in [-0.15, -0.1) is 0 Å². The lowest BCUT2D eigenvalue weighted by Crippen LogP contribution is -2.39. The zero-order valence-corrected chi connectivity index (χ0v) is 12.7. The standard InChI is InChI=1S/C16H31NO2/c1-3-4-10-15(16(18)19)17-12-13(2)11-14-8-6-5-7-9-14/h13-15,17H,3-12H2,1-2H3,(H,18,19)/t13?,15-/m0/s1. The number of nitrogens with one attached hydrogen (secondary N) is 1. The molecule has 1 aliphatic carbocycles. The van der Waals surface area contributed by atoms with E-state index in [1.165, 1.54) is 38.5 Å². The number of carbonyl (C=O) groups is 1. The molecular formula is C16H31NO2. The van der Waals surface area contributed by atoms with Crippen LogP contribution in [0.25, 0.3) is 0 Å². The highest BCUT2D eigenvalue weighted by atomic mass is 16.4. The third-order valence-corrected chi connectivity index (χ3v) is 4.32. The number of hydrogen-bond acceptors (Lipinski definition) is 2. The van der Waals surface area contributed by atoms with Gasteiger partial charge in [-0.05, 0) is 31.2 Å². The lowest BCUT2D eigenvalue weighted by atomic mass is 9.83. The lowest BCUT2D eigenvalue weighted by Gasteiger charge is -2.25. The van der Waals surface area contributed by atoms with Crippen molar-refractivity contribution in [2.24, 2.45) is 11.8 Å². The van der Waals surface area contributed by atoms with Crippen LogP contribution in [0.4, 0.5) is 0 Å². The van der Waals surface area contributed by atoms with Crippen molar-refractivity contribution >= 4 is 5.97 Å². The maximum Gasteiger partial charge on any atom is 0.320 e. The molecule has 0 saturated heterocycles. The van der Waals surface area contributed by atoms with E-state index in [0.717, 1.165) is 31.7 Å². The van der Waals surface area contributed by atoms with Crippen molar-refractivity contribution in [1.29, 1.82) is 0 Å². The Kier molecular flexibility index (Phi) is 8.11. The minimum absolute atomic E-state index is 0.353. The fourth-order valence-corrected chi connectivity index (χ4v) is 3.14. The van der Waals surface area contributed by atoms with Gasteiger partial charge in [0.2, 0.25) is 0 Å². The van der Waals surface area contributed by atoms with Crippen molar-refractivity contribution in [1.82, 2.24) is 5.32 Å². The van der Waals surface area contributed by atoms with Gasteiger partial charge in [0.15, 0.2) is 0 Å². The second kappa shape index (κ2) is 9.35. The Balaban J connectivity index is 2.22. The van der Waals surface area contributed by atoms with Crippen LogP contribution in [0.2, 0.25) is 0 Å². The molecule has 2 N–H and O–H groups in total. The fraction of sp³-hybridized carbons (Fsp3) is 0.938. The Labute approximate surface area is 118 Å². The first kappa shape index (κ1) is 16.5. The third kappa shape index (κ3) is 6.95. The first-order chi connectivity index (χ1) is 9.13.